The summed E-state index contributed by atoms with van der Waals surface area (Å²) >= 11 is 0. The molecule has 136 valence electrons. The van der Waals surface area contributed by atoms with Crippen molar-refractivity contribution >= 4 is 23.6 Å². The van der Waals surface area contributed by atoms with Gasteiger partial charge in [-0.3, -0.25) is 19.8 Å². The second-order valence-corrected chi connectivity index (χ2v) is 6.02. The maximum atomic E-state index is 12.8. The lowest BCUT2D eigenvalue weighted by Gasteiger charge is -2.26. The van der Waals surface area contributed by atoms with E-state index in [2.05, 4.69) is 10.1 Å². The zero-order valence-corrected chi connectivity index (χ0v) is 14.9. The number of rotatable bonds is 6. The van der Waals surface area contributed by atoms with Gasteiger partial charge in [0, 0.05) is 11.7 Å². The summed E-state index contributed by atoms with van der Waals surface area (Å²) in [5.74, 6) is -0.536. The lowest BCUT2D eigenvalue weighted by atomic mass is 10.1. The molecule has 1 atom stereocenters. The van der Waals surface area contributed by atoms with Crippen molar-refractivity contribution in [1.82, 2.24) is 10.2 Å². The Morgan fingerprint density at radius 1 is 1.24 bits per heavy atom. The van der Waals surface area contributed by atoms with E-state index in [0.29, 0.717) is 6.54 Å². The minimum Gasteiger partial charge on any atom is -0.450 e. The van der Waals surface area contributed by atoms with Crippen LogP contribution in [0.1, 0.15) is 26.3 Å². The monoisotopic (exact) mass is 347 g/mol. The van der Waals surface area contributed by atoms with E-state index in [-0.39, 0.29) is 31.6 Å². The van der Waals surface area contributed by atoms with E-state index in [9.17, 15) is 14.4 Å². The molecule has 1 N–H and O–H groups in total. The van der Waals surface area contributed by atoms with Crippen molar-refractivity contribution in [2.75, 3.05) is 31.1 Å². The van der Waals surface area contributed by atoms with E-state index < -0.39 is 12.0 Å². The van der Waals surface area contributed by atoms with Crippen molar-refractivity contribution in [1.29, 1.82) is 0 Å². The first-order valence-corrected chi connectivity index (χ1v) is 8.55. The molecule has 0 fully saturated rings. The summed E-state index contributed by atoms with van der Waals surface area (Å²) in [5, 5.41) is 2.15. The predicted molar refractivity (Wildman–Crippen MR) is 94.4 cm³/mol. The Morgan fingerprint density at radius 2 is 1.96 bits per heavy atom. The third-order valence-corrected chi connectivity index (χ3v) is 4.17. The molecule has 0 spiro atoms. The van der Waals surface area contributed by atoms with Gasteiger partial charge in [0.05, 0.1) is 19.7 Å². The van der Waals surface area contributed by atoms with Gasteiger partial charge in [0.2, 0.25) is 11.8 Å². The number of hydrogen-bond donors (Lipinski definition) is 1. The molecule has 1 heterocycles. The molecule has 7 heteroatoms. The SMILES string of the molecule is CCOC(=O)NC(=O)CN(CC)CC(=O)N1c2ccccc2C[C@@H]1C. The molecule has 0 radical (unpaired) electrons. The summed E-state index contributed by atoms with van der Waals surface area (Å²) < 4.78 is 4.68. The van der Waals surface area contributed by atoms with Gasteiger partial charge in [-0.1, -0.05) is 25.1 Å². The third-order valence-electron chi connectivity index (χ3n) is 4.17. The van der Waals surface area contributed by atoms with Crippen molar-refractivity contribution in [3.8, 4) is 0 Å². The van der Waals surface area contributed by atoms with Crippen LogP contribution in [0.25, 0.3) is 0 Å². The fraction of sp³-hybridized carbons (Fsp3) is 0.500. The third kappa shape index (κ3) is 4.79. The van der Waals surface area contributed by atoms with Gasteiger partial charge in [0.15, 0.2) is 0 Å². The fourth-order valence-corrected chi connectivity index (χ4v) is 3.02. The summed E-state index contributed by atoms with van der Waals surface area (Å²) in [7, 11) is 0. The summed E-state index contributed by atoms with van der Waals surface area (Å²) in [5.41, 5.74) is 2.10. The number of amides is 3. The van der Waals surface area contributed by atoms with Crippen LogP contribution in [0.5, 0.6) is 0 Å². The van der Waals surface area contributed by atoms with Crippen molar-refractivity contribution < 1.29 is 19.1 Å². The van der Waals surface area contributed by atoms with Crippen LogP contribution >= 0.6 is 0 Å². The lowest BCUT2D eigenvalue weighted by Crippen LogP contribution is -2.46. The molecule has 0 aliphatic carbocycles. The molecule has 3 amide bonds. The molecule has 1 aliphatic heterocycles. The van der Waals surface area contributed by atoms with Crippen LogP contribution in [0.3, 0.4) is 0 Å². The number of ether oxygens (including phenoxy) is 1. The van der Waals surface area contributed by atoms with Gasteiger partial charge in [-0.05, 0) is 38.4 Å². The van der Waals surface area contributed by atoms with Gasteiger partial charge in [0.1, 0.15) is 0 Å². The number of benzene rings is 1. The predicted octanol–water partition coefficient (Wildman–Crippen LogP) is 1.56. The maximum Gasteiger partial charge on any atom is 0.413 e. The summed E-state index contributed by atoms with van der Waals surface area (Å²) in [6.07, 6.45) is 0.0640. The minimum atomic E-state index is -0.767. The van der Waals surface area contributed by atoms with Crippen LogP contribution in [0.2, 0.25) is 0 Å². The Kier molecular flexibility index (Phi) is 6.52. The van der Waals surface area contributed by atoms with Crippen molar-refractivity contribution in [2.45, 2.75) is 33.2 Å². The van der Waals surface area contributed by atoms with Gasteiger partial charge in [-0.25, -0.2) is 4.79 Å². The topological polar surface area (TPSA) is 79.0 Å². The Balaban J connectivity index is 1.96. The number of carbonyl (C=O) groups is 3. The molecule has 7 nitrogen and oxygen atoms in total. The molecule has 0 aromatic heterocycles. The highest BCUT2D eigenvalue weighted by Gasteiger charge is 2.31. The molecule has 1 aromatic rings. The van der Waals surface area contributed by atoms with Crippen LogP contribution in [0, 0.1) is 0 Å². The number of anilines is 1. The van der Waals surface area contributed by atoms with Gasteiger partial charge in [0.25, 0.3) is 0 Å². The van der Waals surface area contributed by atoms with Crippen LogP contribution in [0.4, 0.5) is 10.5 Å². The van der Waals surface area contributed by atoms with E-state index in [0.717, 1.165) is 17.7 Å². The van der Waals surface area contributed by atoms with Gasteiger partial charge >= 0.3 is 6.09 Å². The Labute approximate surface area is 147 Å². The second kappa shape index (κ2) is 8.62. The highest BCUT2D eigenvalue weighted by atomic mass is 16.5. The average molecular weight is 347 g/mol. The number of nitrogens with zero attached hydrogens (tertiary/aromatic N) is 2. The normalized spacial score (nSPS) is 15.8. The van der Waals surface area contributed by atoms with Crippen LogP contribution in [0.15, 0.2) is 24.3 Å². The number of imide groups is 1. The van der Waals surface area contributed by atoms with E-state index in [1.807, 2.05) is 38.1 Å². The molecule has 0 bridgehead atoms. The van der Waals surface area contributed by atoms with E-state index in [4.69, 9.17) is 0 Å². The first-order chi connectivity index (χ1) is 12.0. The van der Waals surface area contributed by atoms with Gasteiger partial charge in [-0.15, -0.1) is 0 Å². The number of fused-ring (bicyclic) bond motifs is 1. The van der Waals surface area contributed by atoms with Crippen LogP contribution in [-0.4, -0.2) is 55.1 Å². The zero-order chi connectivity index (χ0) is 18.4. The summed E-state index contributed by atoms with van der Waals surface area (Å²) in [6.45, 7) is 6.34. The van der Waals surface area contributed by atoms with Crippen LogP contribution in [-0.2, 0) is 20.7 Å². The zero-order valence-electron chi connectivity index (χ0n) is 14.9. The molecule has 1 aromatic carbocycles. The maximum absolute atomic E-state index is 12.8. The lowest BCUT2D eigenvalue weighted by molar-refractivity contribution is -0.123. The standard InChI is InChI=1S/C18H25N3O4/c1-4-20(11-16(22)19-18(24)25-5-2)12-17(23)21-13(3)10-14-8-6-7-9-15(14)21/h6-9,13H,4-5,10-12H2,1-3H3,(H,19,22,24)/t13-/m0/s1. The van der Waals surface area contributed by atoms with E-state index in [1.54, 1.807) is 16.7 Å². The molecule has 2 rings (SSSR count). The molecular formula is C18H25N3O4. The number of alkyl carbamates (subject to hydrolysis) is 1. The second-order valence-electron chi connectivity index (χ2n) is 6.02. The van der Waals surface area contributed by atoms with E-state index in [1.165, 1.54) is 0 Å². The Hall–Kier alpha value is -2.41. The smallest absolute Gasteiger partial charge is 0.413 e. The van der Waals surface area contributed by atoms with Crippen molar-refractivity contribution in [3.63, 3.8) is 0 Å². The van der Waals surface area contributed by atoms with Crippen LogP contribution < -0.4 is 10.2 Å². The van der Waals surface area contributed by atoms with Crippen molar-refractivity contribution in [3.05, 3.63) is 29.8 Å². The average Bonchev–Trinajstić information content (AvgIpc) is 2.89. The quantitative estimate of drug-likeness (QED) is 0.845. The molecule has 0 saturated heterocycles. The fourth-order valence-electron chi connectivity index (χ4n) is 3.02. The first kappa shape index (κ1) is 18.9. The number of hydrogen-bond acceptors (Lipinski definition) is 5. The molecule has 1 aliphatic rings. The van der Waals surface area contributed by atoms with Crippen molar-refractivity contribution in [2.24, 2.45) is 0 Å². The largest absolute Gasteiger partial charge is 0.450 e. The Bertz CT molecular complexity index is 647. The highest BCUT2D eigenvalue weighted by molar-refractivity contribution is 5.98. The minimum absolute atomic E-state index is 0.0368. The summed E-state index contributed by atoms with van der Waals surface area (Å²) in [6, 6.07) is 7.96. The molecule has 25 heavy (non-hydrogen) atoms. The van der Waals surface area contributed by atoms with Gasteiger partial charge < -0.3 is 9.64 Å². The number of nitrogens with one attached hydrogen (secondary N) is 1. The highest BCUT2D eigenvalue weighted by Crippen LogP contribution is 2.31. The van der Waals surface area contributed by atoms with E-state index >= 15 is 0 Å². The number of likely N-dealkylation sites (N-methyl/N-ethyl adjacent to an activating group) is 1. The first-order valence-electron chi connectivity index (χ1n) is 8.55. The number of para-hydroxylation sites is 1. The number of carbonyl (C=O) groups excluding carboxylic acids is 3. The molecular weight excluding hydrogens is 322 g/mol. The van der Waals surface area contributed by atoms with Gasteiger partial charge in [-0.2, -0.15) is 0 Å². The molecule has 0 unspecified atom stereocenters. The molecule has 0 saturated carbocycles. The summed E-state index contributed by atoms with van der Waals surface area (Å²) in [4.78, 5) is 39.4. The Morgan fingerprint density at radius 3 is 2.64 bits per heavy atom.